The summed E-state index contributed by atoms with van der Waals surface area (Å²) in [6, 6.07) is 0. The predicted octanol–water partition coefficient (Wildman–Crippen LogP) is 2.09. The molecule has 0 aromatic carbocycles. The fraction of sp³-hybridized carbons (Fsp3) is 0.524. The van der Waals surface area contributed by atoms with Gasteiger partial charge in [-0.1, -0.05) is 0 Å². The van der Waals surface area contributed by atoms with E-state index in [1.54, 1.807) is 19.1 Å². The van der Waals surface area contributed by atoms with Crippen LogP contribution in [0.5, 0.6) is 0 Å². The fourth-order valence-corrected chi connectivity index (χ4v) is 5.34. The molecule has 8 nitrogen and oxygen atoms in total. The monoisotopic (exact) mass is 429 g/mol. The van der Waals surface area contributed by atoms with Crippen molar-refractivity contribution >= 4 is 34.1 Å². The van der Waals surface area contributed by atoms with Crippen molar-refractivity contribution in [2.75, 3.05) is 50.2 Å². The largest absolute Gasteiger partial charge is 0.383 e. The molecule has 2 aliphatic rings. The highest BCUT2D eigenvalue weighted by atomic mass is 32.1. The first-order valence-electron chi connectivity index (χ1n) is 10.1. The molecule has 0 saturated heterocycles. The number of rotatable bonds is 4. The second-order valence-corrected chi connectivity index (χ2v) is 8.96. The number of aryl methyl sites for hydroxylation is 2. The van der Waals surface area contributed by atoms with Gasteiger partial charge in [0.1, 0.15) is 11.5 Å². The van der Waals surface area contributed by atoms with E-state index in [-0.39, 0.29) is 18.4 Å². The first kappa shape index (κ1) is 20.7. The van der Waals surface area contributed by atoms with E-state index in [4.69, 9.17) is 4.74 Å². The van der Waals surface area contributed by atoms with Crippen LogP contribution in [0.3, 0.4) is 0 Å². The average Bonchev–Trinajstić information content (AvgIpc) is 3.05. The molecule has 4 heterocycles. The summed E-state index contributed by atoms with van der Waals surface area (Å²) < 4.78 is 5.20. The van der Waals surface area contributed by atoms with Gasteiger partial charge in [-0.3, -0.25) is 14.5 Å². The number of fused-ring (bicyclic) bond motifs is 3. The first-order valence-corrected chi connectivity index (χ1v) is 10.9. The minimum Gasteiger partial charge on any atom is -0.383 e. The molecular formula is C21H27N5O3S. The van der Waals surface area contributed by atoms with E-state index >= 15 is 0 Å². The summed E-state index contributed by atoms with van der Waals surface area (Å²) in [6.45, 7) is 8.36. The molecule has 30 heavy (non-hydrogen) atoms. The number of carbonyl (C=O) groups excluding carboxylic acids is 2. The smallest absolute Gasteiger partial charge is 0.257 e. The normalized spacial score (nSPS) is 16.6. The molecule has 9 heteroatoms. The van der Waals surface area contributed by atoms with Crippen molar-refractivity contribution in [3.63, 3.8) is 0 Å². The highest BCUT2D eigenvalue weighted by Gasteiger charge is 2.37. The van der Waals surface area contributed by atoms with Gasteiger partial charge >= 0.3 is 0 Å². The van der Waals surface area contributed by atoms with Crippen LogP contribution < -0.4 is 9.80 Å². The number of methoxy groups -OCH3 is 1. The maximum atomic E-state index is 13.1. The Hall–Kier alpha value is -2.52. The Morgan fingerprint density at radius 1 is 1.10 bits per heavy atom. The van der Waals surface area contributed by atoms with Gasteiger partial charge < -0.3 is 14.5 Å². The Labute approximate surface area is 180 Å². The third kappa shape index (κ3) is 3.45. The second kappa shape index (κ2) is 7.96. The molecule has 0 atom stereocenters. The van der Waals surface area contributed by atoms with E-state index in [2.05, 4.69) is 14.9 Å². The number of hydrogen-bond donors (Lipinski definition) is 0. The van der Waals surface area contributed by atoms with Crippen molar-refractivity contribution in [3.8, 4) is 0 Å². The predicted molar refractivity (Wildman–Crippen MR) is 117 cm³/mol. The molecule has 0 aliphatic carbocycles. The Morgan fingerprint density at radius 2 is 1.80 bits per heavy atom. The van der Waals surface area contributed by atoms with Crippen LogP contribution in [0.4, 0.5) is 10.9 Å². The number of nitrogens with zero attached hydrogens (tertiary/aromatic N) is 5. The van der Waals surface area contributed by atoms with Gasteiger partial charge in [0.15, 0.2) is 0 Å². The van der Waals surface area contributed by atoms with Gasteiger partial charge in [-0.2, -0.15) is 0 Å². The van der Waals surface area contributed by atoms with Crippen LogP contribution in [0, 0.1) is 20.8 Å². The van der Waals surface area contributed by atoms with Gasteiger partial charge in [-0.25, -0.2) is 9.97 Å². The van der Waals surface area contributed by atoms with Crippen LogP contribution in [0.15, 0.2) is 0 Å². The number of aromatic nitrogens is 2. The van der Waals surface area contributed by atoms with Gasteiger partial charge in [-0.05, 0) is 38.3 Å². The first-order chi connectivity index (χ1) is 14.3. The van der Waals surface area contributed by atoms with Gasteiger partial charge in [0.2, 0.25) is 11.9 Å². The van der Waals surface area contributed by atoms with E-state index in [1.807, 2.05) is 20.8 Å². The quantitative estimate of drug-likeness (QED) is 0.741. The molecular weight excluding hydrogens is 402 g/mol. The van der Waals surface area contributed by atoms with Crippen molar-refractivity contribution in [2.24, 2.45) is 0 Å². The van der Waals surface area contributed by atoms with Gasteiger partial charge in [0.05, 0.1) is 25.3 Å². The number of likely N-dealkylation sites (N-methyl/N-ethyl adjacent to an activating group) is 1. The second-order valence-electron chi connectivity index (χ2n) is 7.87. The van der Waals surface area contributed by atoms with E-state index in [0.717, 1.165) is 51.3 Å². The Bertz CT molecular complexity index is 995. The zero-order chi connectivity index (χ0) is 21.6. The summed E-state index contributed by atoms with van der Waals surface area (Å²) in [7, 11) is 3.30. The van der Waals surface area contributed by atoms with Crippen LogP contribution in [-0.4, -0.2) is 67.1 Å². The molecule has 0 N–H and O–H groups in total. The third-order valence-corrected chi connectivity index (χ3v) is 7.18. The van der Waals surface area contributed by atoms with Gasteiger partial charge in [0, 0.05) is 37.0 Å². The molecule has 2 aliphatic heterocycles. The molecule has 4 rings (SSSR count). The van der Waals surface area contributed by atoms with Crippen LogP contribution in [0.1, 0.15) is 37.7 Å². The number of anilines is 2. The number of thiophene rings is 1. The van der Waals surface area contributed by atoms with Gasteiger partial charge in [0.25, 0.3) is 5.91 Å². The summed E-state index contributed by atoms with van der Waals surface area (Å²) in [5.41, 5.74) is 4.81. The zero-order valence-electron chi connectivity index (χ0n) is 18.1. The molecule has 2 aromatic rings. The van der Waals surface area contributed by atoms with Crippen LogP contribution >= 0.6 is 11.3 Å². The number of ether oxygens (including phenoxy) is 1. The van der Waals surface area contributed by atoms with Gasteiger partial charge in [-0.15, -0.1) is 11.3 Å². The van der Waals surface area contributed by atoms with E-state index in [0.29, 0.717) is 25.3 Å². The Balaban J connectivity index is 1.73. The lowest BCUT2D eigenvalue weighted by molar-refractivity contribution is -0.119. The maximum absolute atomic E-state index is 13.1. The van der Waals surface area contributed by atoms with Crippen molar-refractivity contribution in [1.29, 1.82) is 0 Å². The summed E-state index contributed by atoms with van der Waals surface area (Å²) in [5, 5.41) is 0.746. The summed E-state index contributed by atoms with van der Waals surface area (Å²) in [6.07, 6.45) is 0.725. The van der Waals surface area contributed by atoms with E-state index in [9.17, 15) is 9.59 Å². The van der Waals surface area contributed by atoms with Crippen molar-refractivity contribution in [2.45, 2.75) is 33.7 Å². The molecule has 0 radical (unpaired) electrons. The third-order valence-electron chi connectivity index (χ3n) is 5.94. The van der Waals surface area contributed by atoms with Crippen molar-refractivity contribution in [3.05, 3.63) is 33.0 Å². The van der Waals surface area contributed by atoms with Crippen molar-refractivity contribution in [1.82, 2.24) is 14.9 Å². The summed E-state index contributed by atoms with van der Waals surface area (Å²) in [4.78, 5) is 41.8. The highest BCUT2D eigenvalue weighted by Crippen LogP contribution is 2.41. The molecule has 0 spiro atoms. The fourth-order valence-electron chi connectivity index (χ4n) is 3.94. The minimum atomic E-state index is -0.0810. The maximum Gasteiger partial charge on any atom is 0.257 e. The van der Waals surface area contributed by atoms with E-state index in [1.165, 1.54) is 16.2 Å². The Kier molecular flexibility index (Phi) is 5.50. The lowest BCUT2D eigenvalue weighted by Gasteiger charge is -2.28. The average molecular weight is 430 g/mol. The van der Waals surface area contributed by atoms with E-state index < -0.39 is 0 Å². The highest BCUT2D eigenvalue weighted by molar-refractivity contribution is 7.17. The molecule has 0 bridgehead atoms. The molecule has 2 aromatic heterocycles. The summed E-state index contributed by atoms with van der Waals surface area (Å²) >= 11 is 1.53. The summed E-state index contributed by atoms with van der Waals surface area (Å²) in [5.74, 6) is 0.563. The molecule has 0 fully saturated rings. The standard InChI is InChI=1S/C21H27N5O3S/c1-12-13(2)22-21(23-14(12)3)25-7-6-15-16(10-25)30-20-18(15)19(28)24(4)11-17(27)26(20)8-9-29-5/h6-11H2,1-5H3. The molecule has 2 amide bonds. The van der Waals surface area contributed by atoms with Crippen LogP contribution in [0.2, 0.25) is 0 Å². The molecule has 160 valence electrons. The van der Waals surface area contributed by atoms with Crippen LogP contribution in [0.25, 0.3) is 0 Å². The SMILES string of the molecule is COCCN1C(=O)CN(C)C(=O)c2c1sc1c2CCN(c2nc(C)c(C)c(C)n2)C1. The van der Waals surface area contributed by atoms with Crippen LogP contribution in [-0.2, 0) is 22.5 Å². The molecule has 0 saturated carbocycles. The Morgan fingerprint density at radius 3 is 2.47 bits per heavy atom. The topological polar surface area (TPSA) is 78.9 Å². The minimum absolute atomic E-state index is 0.0785. The number of carbonyl (C=O) groups is 2. The lowest BCUT2D eigenvalue weighted by Crippen LogP contribution is -2.39. The molecule has 0 unspecified atom stereocenters. The van der Waals surface area contributed by atoms with Crippen molar-refractivity contribution < 1.29 is 14.3 Å². The number of amides is 2. The zero-order valence-corrected chi connectivity index (χ0v) is 18.9. The lowest BCUT2D eigenvalue weighted by atomic mass is 10.0. The number of hydrogen-bond acceptors (Lipinski definition) is 7.